The zero-order valence-electron chi connectivity index (χ0n) is 10.2. The largest absolute Gasteiger partial charge is 0.398 e. The van der Waals surface area contributed by atoms with Crippen LogP contribution < -0.4 is 15.8 Å². The van der Waals surface area contributed by atoms with Gasteiger partial charge in [0.25, 0.3) is 0 Å². The predicted molar refractivity (Wildman–Crippen MR) is 80.1 cm³/mol. The summed E-state index contributed by atoms with van der Waals surface area (Å²) < 4.78 is 27.6. The molecule has 1 aromatic carbocycles. The number of anilines is 1. The number of likely N-dealkylation sites (N-methyl/N-ethyl adjacent to an activating group) is 1. The number of halogens is 2. The van der Waals surface area contributed by atoms with E-state index in [9.17, 15) is 13.2 Å². The van der Waals surface area contributed by atoms with Crippen molar-refractivity contribution in [3.8, 4) is 0 Å². The van der Waals surface area contributed by atoms with E-state index in [-0.39, 0.29) is 10.6 Å². The fourth-order valence-corrected chi connectivity index (χ4v) is 4.70. The highest BCUT2D eigenvalue weighted by atomic mass is 79.9. The number of nitrogens with two attached hydrogens (primary N) is 1. The summed E-state index contributed by atoms with van der Waals surface area (Å²) in [6.07, 6.45) is 0. The van der Waals surface area contributed by atoms with Crippen LogP contribution in [0.25, 0.3) is 0 Å². The minimum atomic E-state index is -3.90. The van der Waals surface area contributed by atoms with Crippen LogP contribution in [-0.2, 0) is 14.8 Å². The Labute approximate surface area is 128 Å². The Morgan fingerprint density at radius 1 is 1.37 bits per heavy atom. The lowest BCUT2D eigenvalue weighted by molar-refractivity contribution is -0.121. The number of hydrogen-bond donors (Lipinski definition) is 3. The number of carbonyl (C=O) groups excluding carboxylic acids is 1. The van der Waals surface area contributed by atoms with E-state index in [0.29, 0.717) is 8.95 Å². The summed E-state index contributed by atoms with van der Waals surface area (Å²) in [4.78, 5) is 11.3. The van der Waals surface area contributed by atoms with E-state index in [4.69, 9.17) is 5.73 Å². The third-order valence-corrected chi connectivity index (χ3v) is 5.28. The van der Waals surface area contributed by atoms with Gasteiger partial charge in [0, 0.05) is 16.0 Å². The van der Waals surface area contributed by atoms with Crippen molar-refractivity contribution in [2.45, 2.75) is 17.9 Å². The number of carbonyl (C=O) groups is 1. The Kier molecular flexibility index (Phi) is 5.36. The highest BCUT2D eigenvalue weighted by Gasteiger charge is 2.25. The van der Waals surface area contributed by atoms with Gasteiger partial charge in [0.1, 0.15) is 4.90 Å². The SMILES string of the molecule is CNC(=O)C(C)NS(=O)(=O)c1c(N)cc(Br)cc1Br. The van der Waals surface area contributed by atoms with Crippen molar-refractivity contribution in [2.75, 3.05) is 12.8 Å². The average Bonchev–Trinajstić information content (AvgIpc) is 2.24. The molecule has 0 radical (unpaired) electrons. The van der Waals surface area contributed by atoms with Gasteiger partial charge in [-0.25, -0.2) is 8.42 Å². The lowest BCUT2D eigenvalue weighted by atomic mass is 10.3. The maximum Gasteiger partial charge on any atom is 0.244 e. The fourth-order valence-electron chi connectivity index (χ4n) is 1.43. The molecular formula is C10H13Br2N3O3S. The molecule has 0 bridgehead atoms. The van der Waals surface area contributed by atoms with Crippen LogP contribution in [0.15, 0.2) is 26.0 Å². The standard InChI is InChI=1S/C10H13Br2N3O3S/c1-5(10(16)14-2)15-19(17,18)9-7(12)3-6(11)4-8(9)13/h3-5,15H,13H2,1-2H3,(H,14,16). The Bertz CT molecular complexity index is 581. The monoisotopic (exact) mass is 413 g/mol. The van der Waals surface area contributed by atoms with Gasteiger partial charge in [0.05, 0.1) is 11.7 Å². The molecular weight excluding hydrogens is 402 g/mol. The van der Waals surface area contributed by atoms with Crippen molar-refractivity contribution in [3.63, 3.8) is 0 Å². The van der Waals surface area contributed by atoms with Crippen molar-refractivity contribution in [1.29, 1.82) is 0 Å². The minimum Gasteiger partial charge on any atom is -0.398 e. The van der Waals surface area contributed by atoms with E-state index in [2.05, 4.69) is 41.9 Å². The van der Waals surface area contributed by atoms with Crippen LogP contribution in [0.4, 0.5) is 5.69 Å². The minimum absolute atomic E-state index is 0.0813. The van der Waals surface area contributed by atoms with Crippen molar-refractivity contribution in [1.82, 2.24) is 10.0 Å². The highest BCUT2D eigenvalue weighted by Crippen LogP contribution is 2.31. The van der Waals surface area contributed by atoms with Gasteiger partial charge in [0.15, 0.2) is 0 Å². The molecule has 0 heterocycles. The normalized spacial score (nSPS) is 13.1. The fraction of sp³-hybridized carbons (Fsp3) is 0.300. The van der Waals surface area contributed by atoms with Crippen LogP contribution in [0.3, 0.4) is 0 Å². The molecule has 1 atom stereocenters. The Morgan fingerprint density at radius 2 is 1.95 bits per heavy atom. The first kappa shape index (κ1) is 16.4. The first-order chi connectivity index (χ1) is 8.69. The highest BCUT2D eigenvalue weighted by molar-refractivity contribution is 9.11. The van der Waals surface area contributed by atoms with Gasteiger partial charge in [-0.05, 0) is 35.0 Å². The second-order valence-corrected chi connectivity index (χ2v) is 7.18. The summed E-state index contributed by atoms with van der Waals surface area (Å²) in [5.41, 5.74) is 5.79. The third-order valence-electron chi connectivity index (χ3n) is 2.28. The molecule has 0 spiro atoms. The summed E-state index contributed by atoms with van der Waals surface area (Å²) in [6, 6.07) is 2.14. The third kappa shape index (κ3) is 3.91. The molecule has 0 aliphatic carbocycles. The summed E-state index contributed by atoms with van der Waals surface area (Å²) in [6.45, 7) is 1.44. The van der Waals surface area contributed by atoms with E-state index in [0.717, 1.165) is 0 Å². The molecule has 9 heteroatoms. The maximum absolute atomic E-state index is 12.2. The molecule has 1 aromatic rings. The van der Waals surface area contributed by atoms with Crippen molar-refractivity contribution < 1.29 is 13.2 Å². The van der Waals surface area contributed by atoms with Crippen molar-refractivity contribution in [2.24, 2.45) is 0 Å². The zero-order chi connectivity index (χ0) is 14.8. The molecule has 0 aromatic heterocycles. The lowest BCUT2D eigenvalue weighted by Crippen LogP contribution is -2.43. The molecule has 0 saturated carbocycles. The second kappa shape index (κ2) is 6.21. The number of hydrogen-bond acceptors (Lipinski definition) is 4. The van der Waals surface area contributed by atoms with Gasteiger partial charge in [0.2, 0.25) is 15.9 Å². The van der Waals surface area contributed by atoms with Crippen LogP contribution in [0.1, 0.15) is 6.92 Å². The van der Waals surface area contributed by atoms with E-state index in [1.54, 1.807) is 6.07 Å². The molecule has 0 aliphatic heterocycles. The van der Waals surface area contributed by atoms with Gasteiger partial charge < -0.3 is 11.1 Å². The van der Waals surface area contributed by atoms with Gasteiger partial charge in [-0.2, -0.15) is 4.72 Å². The lowest BCUT2D eigenvalue weighted by Gasteiger charge is -2.15. The van der Waals surface area contributed by atoms with E-state index >= 15 is 0 Å². The van der Waals surface area contributed by atoms with Gasteiger partial charge >= 0.3 is 0 Å². The first-order valence-electron chi connectivity index (χ1n) is 5.17. The molecule has 0 saturated heterocycles. The number of sulfonamides is 1. The van der Waals surface area contributed by atoms with Gasteiger partial charge in [-0.15, -0.1) is 0 Å². The number of amides is 1. The zero-order valence-corrected chi connectivity index (χ0v) is 14.2. The second-order valence-electron chi connectivity index (χ2n) is 3.76. The van der Waals surface area contributed by atoms with Crippen LogP contribution in [-0.4, -0.2) is 27.4 Å². The summed E-state index contributed by atoms with van der Waals surface area (Å²) >= 11 is 6.36. The summed E-state index contributed by atoms with van der Waals surface area (Å²) in [5, 5.41) is 2.36. The summed E-state index contributed by atoms with van der Waals surface area (Å²) in [7, 11) is -2.47. The van der Waals surface area contributed by atoms with Crippen LogP contribution >= 0.6 is 31.9 Å². The number of nitrogens with one attached hydrogen (secondary N) is 2. The van der Waals surface area contributed by atoms with Crippen molar-refractivity contribution in [3.05, 3.63) is 21.1 Å². The summed E-state index contributed by atoms with van der Waals surface area (Å²) in [5.74, 6) is -0.435. The average molecular weight is 415 g/mol. The van der Waals surface area contributed by atoms with Crippen LogP contribution in [0.5, 0.6) is 0 Å². The molecule has 0 aliphatic rings. The quantitative estimate of drug-likeness (QED) is 0.644. The van der Waals surface area contributed by atoms with Gasteiger partial charge in [-0.3, -0.25) is 4.79 Å². The predicted octanol–water partition coefficient (Wildman–Crippen LogP) is 1.21. The first-order valence-corrected chi connectivity index (χ1v) is 8.24. The van der Waals surface area contributed by atoms with E-state index < -0.39 is 22.0 Å². The number of rotatable bonds is 4. The Balaban J connectivity index is 3.18. The molecule has 1 amide bonds. The van der Waals surface area contributed by atoms with E-state index in [1.807, 2.05) is 0 Å². The van der Waals surface area contributed by atoms with Crippen molar-refractivity contribution >= 4 is 53.5 Å². The van der Waals surface area contributed by atoms with Crippen LogP contribution in [0, 0.1) is 0 Å². The number of nitrogen functional groups attached to an aromatic ring is 1. The molecule has 1 unspecified atom stereocenters. The molecule has 4 N–H and O–H groups in total. The van der Waals surface area contributed by atoms with Crippen LogP contribution in [0.2, 0.25) is 0 Å². The Morgan fingerprint density at radius 3 is 2.42 bits per heavy atom. The van der Waals surface area contributed by atoms with Gasteiger partial charge in [-0.1, -0.05) is 15.9 Å². The number of benzene rings is 1. The smallest absolute Gasteiger partial charge is 0.244 e. The molecule has 19 heavy (non-hydrogen) atoms. The molecule has 6 nitrogen and oxygen atoms in total. The molecule has 0 fully saturated rings. The Hall–Kier alpha value is -0.640. The maximum atomic E-state index is 12.2. The van der Waals surface area contributed by atoms with E-state index in [1.165, 1.54) is 20.0 Å². The molecule has 106 valence electrons. The molecule has 1 rings (SSSR count). The topological polar surface area (TPSA) is 101 Å².